The number of aliphatic hydroxyl groups is 2. The summed E-state index contributed by atoms with van der Waals surface area (Å²) in [4.78, 5) is 2.05. The van der Waals surface area contributed by atoms with Crippen molar-refractivity contribution in [2.45, 2.75) is 44.7 Å². The number of phenolic OH excluding ortho intramolecular Hbond substituents is 1. The van der Waals surface area contributed by atoms with Gasteiger partial charge in [-0.05, 0) is 64.7 Å². The average Bonchev–Trinajstić information content (AvgIpc) is 3.02. The molecule has 0 radical (unpaired) electrons. The van der Waals surface area contributed by atoms with E-state index >= 15 is 0 Å². The zero-order valence-electron chi connectivity index (χ0n) is 24.1. The molecule has 0 bridgehead atoms. The second-order valence-electron chi connectivity index (χ2n) is 11.2. The van der Waals surface area contributed by atoms with E-state index in [0.29, 0.717) is 25.2 Å². The van der Waals surface area contributed by atoms with E-state index in [9.17, 15) is 15.3 Å². The molecule has 1 heterocycles. The standard InChI is InChI=1S/C35H40N2O5/c1-23-33(21-37(2)20-32(40)29-9-5-11-31(39)18-29)41-35(42-34(23)26-14-12-24(22-38)13-15-26)30-10-4-8-28(17-30)27-7-3-6-25(16-27)19-36/h3-18,23,32-35,38-40H,19-22,36H2,1-2H3. The first-order valence-electron chi connectivity index (χ1n) is 14.4. The number of benzene rings is 4. The van der Waals surface area contributed by atoms with Gasteiger partial charge in [0.1, 0.15) is 5.75 Å². The second kappa shape index (κ2) is 13.6. The van der Waals surface area contributed by atoms with Gasteiger partial charge >= 0.3 is 0 Å². The van der Waals surface area contributed by atoms with E-state index in [-0.39, 0.29) is 30.5 Å². The van der Waals surface area contributed by atoms with Crippen molar-refractivity contribution < 1.29 is 24.8 Å². The van der Waals surface area contributed by atoms with Gasteiger partial charge in [0.2, 0.25) is 0 Å². The van der Waals surface area contributed by atoms with Crippen LogP contribution in [0.4, 0.5) is 0 Å². The lowest BCUT2D eigenvalue weighted by Crippen LogP contribution is -2.44. The van der Waals surface area contributed by atoms with Crippen LogP contribution < -0.4 is 5.73 Å². The number of rotatable bonds is 10. The third kappa shape index (κ3) is 7.07. The van der Waals surface area contributed by atoms with E-state index in [4.69, 9.17) is 15.2 Å². The van der Waals surface area contributed by atoms with Crippen molar-refractivity contribution in [3.8, 4) is 16.9 Å². The Hall–Kier alpha value is -3.56. The molecule has 5 atom stereocenters. The summed E-state index contributed by atoms with van der Waals surface area (Å²) in [6, 6.07) is 31.0. The van der Waals surface area contributed by atoms with Crippen LogP contribution in [0.1, 0.15) is 53.2 Å². The summed E-state index contributed by atoms with van der Waals surface area (Å²) in [6.45, 7) is 3.54. The lowest BCUT2D eigenvalue weighted by atomic mass is 9.89. The maximum absolute atomic E-state index is 10.8. The van der Waals surface area contributed by atoms with Gasteiger partial charge in [-0.3, -0.25) is 0 Å². The number of aliphatic hydroxyl groups excluding tert-OH is 2. The maximum Gasteiger partial charge on any atom is 0.184 e. The highest BCUT2D eigenvalue weighted by Gasteiger charge is 2.39. The van der Waals surface area contributed by atoms with Crippen LogP contribution in [0.3, 0.4) is 0 Å². The molecule has 1 aliphatic rings. The van der Waals surface area contributed by atoms with Gasteiger partial charge < -0.3 is 35.4 Å². The Morgan fingerprint density at radius 1 is 0.833 bits per heavy atom. The van der Waals surface area contributed by atoms with Crippen LogP contribution in [-0.4, -0.2) is 46.5 Å². The highest BCUT2D eigenvalue weighted by atomic mass is 16.7. The van der Waals surface area contributed by atoms with E-state index in [0.717, 1.165) is 33.4 Å². The van der Waals surface area contributed by atoms with Gasteiger partial charge in [-0.2, -0.15) is 0 Å². The smallest absolute Gasteiger partial charge is 0.184 e. The molecule has 0 aliphatic carbocycles. The van der Waals surface area contributed by atoms with Crippen molar-refractivity contribution >= 4 is 0 Å². The molecule has 0 saturated carbocycles. The SMILES string of the molecule is CC1C(CN(C)CC(O)c2cccc(O)c2)OC(c2cccc(-c3cccc(CN)c3)c2)OC1c1ccc(CO)cc1. The van der Waals surface area contributed by atoms with Crippen LogP contribution >= 0.6 is 0 Å². The zero-order valence-corrected chi connectivity index (χ0v) is 24.1. The Balaban J connectivity index is 1.40. The van der Waals surface area contributed by atoms with Crippen molar-refractivity contribution in [1.82, 2.24) is 4.90 Å². The monoisotopic (exact) mass is 568 g/mol. The fourth-order valence-corrected chi connectivity index (χ4v) is 5.59. The summed E-state index contributed by atoms with van der Waals surface area (Å²) >= 11 is 0. The first-order chi connectivity index (χ1) is 20.3. The van der Waals surface area contributed by atoms with Gasteiger partial charge in [-0.25, -0.2) is 0 Å². The fraction of sp³-hybridized carbons (Fsp3) is 0.314. The molecule has 5 unspecified atom stereocenters. The highest BCUT2D eigenvalue weighted by Crippen LogP contribution is 2.42. The number of nitrogens with two attached hydrogens (primary N) is 1. The predicted molar refractivity (Wildman–Crippen MR) is 163 cm³/mol. The minimum absolute atomic E-state index is 0.00556. The van der Waals surface area contributed by atoms with Gasteiger partial charge in [0.15, 0.2) is 6.29 Å². The lowest BCUT2D eigenvalue weighted by molar-refractivity contribution is -0.276. The molecule has 4 aromatic rings. The molecule has 1 aliphatic heterocycles. The molecular weight excluding hydrogens is 528 g/mol. The quantitative estimate of drug-likeness (QED) is 0.201. The number of aromatic hydroxyl groups is 1. The van der Waals surface area contributed by atoms with Gasteiger partial charge in [-0.1, -0.05) is 79.7 Å². The normalized spacial score (nSPS) is 21.4. The van der Waals surface area contributed by atoms with Gasteiger partial charge in [0.25, 0.3) is 0 Å². The first kappa shape index (κ1) is 29.9. The minimum atomic E-state index is -0.754. The minimum Gasteiger partial charge on any atom is -0.508 e. The average molecular weight is 569 g/mol. The first-order valence-corrected chi connectivity index (χ1v) is 14.4. The second-order valence-corrected chi connectivity index (χ2v) is 11.2. The number of ether oxygens (including phenoxy) is 2. The number of hydrogen-bond donors (Lipinski definition) is 4. The lowest BCUT2D eigenvalue weighted by Gasteiger charge is -2.42. The summed E-state index contributed by atoms with van der Waals surface area (Å²) in [5.74, 6) is 0.136. The molecule has 0 aromatic heterocycles. The molecule has 0 spiro atoms. The van der Waals surface area contributed by atoms with Crippen LogP contribution in [0.15, 0.2) is 97.1 Å². The van der Waals surface area contributed by atoms with Crippen LogP contribution in [0, 0.1) is 5.92 Å². The number of likely N-dealkylation sites (N-methyl/N-ethyl adjacent to an activating group) is 1. The van der Waals surface area contributed by atoms with Crippen molar-refractivity contribution in [3.63, 3.8) is 0 Å². The van der Waals surface area contributed by atoms with E-state index < -0.39 is 12.4 Å². The number of hydrogen-bond acceptors (Lipinski definition) is 7. The van der Waals surface area contributed by atoms with Crippen molar-refractivity contribution in [1.29, 1.82) is 0 Å². The predicted octanol–water partition coefficient (Wildman–Crippen LogP) is 5.47. The Morgan fingerprint density at radius 2 is 1.55 bits per heavy atom. The Morgan fingerprint density at radius 3 is 2.26 bits per heavy atom. The number of nitrogens with zero attached hydrogens (tertiary/aromatic N) is 1. The summed E-state index contributed by atoms with van der Waals surface area (Å²) in [5.41, 5.74) is 12.5. The molecule has 1 fully saturated rings. The Kier molecular flexibility index (Phi) is 9.69. The van der Waals surface area contributed by atoms with Crippen molar-refractivity contribution in [2.24, 2.45) is 11.7 Å². The summed E-state index contributed by atoms with van der Waals surface area (Å²) in [5, 5.41) is 30.2. The van der Waals surface area contributed by atoms with Crippen molar-refractivity contribution in [2.75, 3.05) is 20.1 Å². The van der Waals surface area contributed by atoms with E-state index in [1.807, 2.05) is 61.6 Å². The maximum atomic E-state index is 10.8. The van der Waals surface area contributed by atoms with Gasteiger partial charge in [0, 0.05) is 31.1 Å². The summed E-state index contributed by atoms with van der Waals surface area (Å²) in [6.07, 6.45) is -1.79. The summed E-state index contributed by atoms with van der Waals surface area (Å²) in [7, 11) is 1.96. The van der Waals surface area contributed by atoms with Crippen LogP contribution in [-0.2, 0) is 22.6 Å². The molecule has 220 valence electrons. The molecule has 5 rings (SSSR count). The third-order valence-electron chi connectivity index (χ3n) is 8.01. The van der Waals surface area contributed by atoms with Crippen LogP contribution in [0.5, 0.6) is 5.75 Å². The largest absolute Gasteiger partial charge is 0.508 e. The van der Waals surface area contributed by atoms with E-state index in [1.54, 1.807) is 18.2 Å². The fourth-order valence-electron chi connectivity index (χ4n) is 5.59. The van der Waals surface area contributed by atoms with E-state index in [1.165, 1.54) is 0 Å². The van der Waals surface area contributed by atoms with Gasteiger partial charge in [-0.15, -0.1) is 0 Å². The topological polar surface area (TPSA) is 108 Å². The molecule has 7 heteroatoms. The molecule has 0 amide bonds. The third-order valence-corrected chi connectivity index (χ3v) is 8.01. The zero-order chi connectivity index (χ0) is 29.6. The van der Waals surface area contributed by atoms with Crippen LogP contribution in [0.25, 0.3) is 11.1 Å². The number of phenols is 1. The Bertz CT molecular complexity index is 1460. The Labute approximate surface area is 247 Å². The molecule has 1 saturated heterocycles. The molecule has 5 N–H and O–H groups in total. The molecule has 7 nitrogen and oxygen atoms in total. The van der Waals surface area contributed by atoms with Crippen molar-refractivity contribution in [3.05, 3.63) is 125 Å². The highest BCUT2D eigenvalue weighted by molar-refractivity contribution is 5.65. The van der Waals surface area contributed by atoms with E-state index in [2.05, 4.69) is 36.1 Å². The molecule has 42 heavy (non-hydrogen) atoms. The van der Waals surface area contributed by atoms with Crippen LogP contribution in [0.2, 0.25) is 0 Å². The molecule has 4 aromatic carbocycles. The molecular formula is C35H40N2O5. The summed E-state index contributed by atoms with van der Waals surface area (Å²) < 4.78 is 13.3. The van der Waals surface area contributed by atoms with Gasteiger partial charge in [0.05, 0.1) is 24.9 Å².